The van der Waals surface area contributed by atoms with Gasteiger partial charge in [0.15, 0.2) is 0 Å². The Balaban J connectivity index is 0. The summed E-state index contributed by atoms with van der Waals surface area (Å²) in [5.74, 6) is 0.946. The predicted molar refractivity (Wildman–Crippen MR) is 97.8 cm³/mol. The lowest BCUT2D eigenvalue weighted by Crippen LogP contribution is -2.21. The van der Waals surface area contributed by atoms with Gasteiger partial charge in [0.05, 0.1) is 0 Å². The number of hydrogen-bond donors (Lipinski definition) is 1. The molecule has 0 aliphatic rings. The molecular weight excluding hydrogens is 360 g/mol. The van der Waals surface area contributed by atoms with Crippen LogP contribution in [0, 0.1) is 5.92 Å². The van der Waals surface area contributed by atoms with Gasteiger partial charge in [0, 0.05) is 0 Å². The lowest BCUT2D eigenvalue weighted by Gasteiger charge is -2.09. The fourth-order valence-corrected chi connectivity index (χ4v) is 2.80. The Bertz CT molecular complexity index is 373. The van der Waals surface area contributed by atoms with E-state index in [1.165, 1.54) is 76.8 Å². The number of alkyl halides is 3. The number of unbranched alkanes of at least 4 members (excludes halogenated alkanes) is 8. The first-order valence-corrected chi connectivity index (χ1v) is 11.1. The lowest BCUT2D eigenvalue weighted by atomic mass is 9.99. The second kappa shape index (κ2) is 15.4. The van der Waals surface area contributed by atoms with Crippen LogP contribution in [0.25, 0.3) is 0 Å². The fourth-order valence-electron chi connectivity index (χ4n) is 2.23. The van der Waals surface area contributed by atoms with Crippen LogP contribution in [0.1, 0.15) is 84.5 Å². The summed E-state index contributed by atoms with van der Waals surface area (Å²) in [5.41, 5.74) is -5.53. The lowest BCUT2D eigenvalue weighted by molar-refractivity contribution is -0.0510. The van der Waals surface area contributed by atoms with E-state index in [9.17, 15) is 13.2 Å². The number of hydrogen-bond acceptors (Lipinski definition) is 2. The molecule has 0 spiro atoms. The Morgan fingerprint density at radius 1 is 0.917 bits per heavy atom. The summed E-state index contributed by atoms with van der Waals surface area (Å²) in [7, 11) is -3.00. The molecule has 1 N–H and O–H groups in total. The van der Waals surface area contributed by atoms with Gasteiger partial charge in [0.25, 0.3) is 0 Å². The third kappa shape index (κ3) is 18.5. The molecule has 0 aromatic rings. The smallest absolute Gasteiger partial charge is 0.279 e. The molecule has 0 aromatic heterocycles. The molecule has 0 heterocycles. The molecule has 3 nitrogen and oxygen atoms in total. The van der Waals surface area contributed by atoms with E-state index in [4.69, 9.17) is 13.0 Å². The summed E-state index contributed by atoms with van der Waals surface area (Å²) in [5, 5.41) is 0. The van der Waals surface area contributed by atoms with Crippen LogP contribution < -0.4 is 0 Å². The molecular formula is C16H34F3O3PS. The second-order valence-corrected chi connectivity index (χ2v) is 8.21. The van der Waals surface area contributed by atoms with Gasteiger partial charge in [-0.2, -0.15) is 21.6 Å². The topological polar surface area (TPSA) is 54.4 Å². The van der Waals surface area contributed by atoms with Gasteiger partial charge in [0.2, 0.25) is 0 Å². The molecule has 0 saturated heterocycles. The molecule has 0 rings (SSSR count). The van der Waals surface area contributed by atoms with Crippen LogP contribution in [-0.4, -0.2) is 24.6 Å². The Morgan fingerprint density at radius 2 is 1.29 bits per heavy atom. The first-order valence-electron chi connectivity index (χ1n) is 8.80. The minimum absolute atomic E-state index is 0.946. The molecule has 2 atom stereocenters. The van der Waals surface area contributed by atoms with E-state index >= 15 is 0 Å². The van der Waals surface area contributed by atoms with Crippen molar-refractivity contribution in [3.63, 3.8) is 0 Å². The molecule has 0 amide bonds. The van der Waals surface area contributed by atoms with Gasteiger partial charge < -0.3 is 0 Å². The van der Waals surface area contributed by atoms with Gasteiger partial charge in [-0.15, -0.1) is 9.24 Å². The van der Waals surface area contributed by atoms with Crippen molar-refractivity contribution in [1.82, 2.24) is 0 Å². The average molecular weight is 394 g/mol. The Kier molecular flexibility index (Phi) is 16.9. The zero-order valence-electron chi connectivity index (χ0n) is 14.9. The van der Waals surface area contributed by atoms with Crippen molar-refractivity contribution in [3.05, 3.63) is 0 Å². The van der Waals surface area contributed by atoms with Crippen LogP contribution in [0.2, 0.25) is 0 Å². The van der Waals surface area contributed by atoms with Crippen LogP contribution in [0.4, 0.5) is 13.2 Å². The zero-order valence-corrected chi connectivity index (χ0v) is 16.9. The highest BCUT2D eigenvalue weighted by atomic mass is 32.2. The van der Waals surface area contributed by atoms with Gasteiger partial charge in [-0.3, -0.25) is 4.55 Å². The minimum atomic E-state index is -5.84. The molecule has 0 saturated carbocycles. The van der Waals surface area contributed by atoms with Gasteiger partial charge in [-0.1, -0.05) is 78.1 Å². The SMILES string of the molecule is CCCCCCCCCCCC(C)CCP.O=S(=O)(O)C(F)(F)F. The van der Waals surface area contributed by atoms with E-state index in [-0.39, 0.29) is 0 Å². The zero-order chi connectivity index (χ0) is 19.1. The van der Waals surface area contributed by atoms with Crippen LogP contribution in [-0.2, 0) is 10.1 Å². The van der Waals surface area contributed by atoms with Crippen molar-refractivity contribution in [1.29, 1.82) is 0 Å². The predicted octanol–water partition coefficient (Wildman–Crippen LogP) is 6.20. The van der Waals surface area contributed by atoms with E-state index in [2.05, 4.69) is 23.1 Å². The van der Waals surface area contributed by atoms with E-state index < -0.39 is 15.6 Å². The third-order valence-electron chi connectivity index (χ3n) is 3.75. The molecule has 0 radical (unpaired) electrons. The van der Waals surface area contributed by atoms with E-state index in [1.54, 1.807) is 0 Å². The standard InChI is InChI=1S/C15H33P.CHF3O3S/c1-3-4-5-6-7-8-9-10-11-12-15(2)13-14-16;2-1(3,4)8(5,6)7/h15H,3-14,16H2,1-2H3;(H,5,6,7). The van der Waals surface area contributed by atoms with Gasteiger partial charge in [0.1, 0.15) is 0 Å². The van der Waals surface area contributed by atoms with E-state index in [0.29, 0.717) is 0 Å². The van der Waals surface area contributed by atoms with Crippen molar-refractivity contribution in [2.24, 2.45) is 5.92 Å². The monoisotopic (exact) mass is 394 g/mol. The second-order valence-electron chi connectivity index (χ2n) is 6.22. The molecule has 0 bridgehead atoms. The van der Waals surface area contributed by atoms with Crippen LogP contribution >= 0.6 is 9.24 Å². The molecule has 0 fully saturated rings. The highest BCUT2D eigenvalue weighted by molar-refractivity contribution is 7.86. The van der Waals surface area contributed by atoms with Gasteiger partial charge in [-0.05, 0) is 18.5 Å². The first-order chi connectivity index (χ1) is 11.1. The highest BCUT2D eigenvalue weighted by Gasteiger charge is 2.44. The largest absolute Gasteiger partial charge is 0.522 e. The van der Waals surface area contributed by atoms with Gasteiger partial charge in [-0.25, -0.2) is 0 Å². The molecule has 24 heavy (non-hydrogen) atoms. The maximum absolute atomic E-state index is 10.7. The summed E-state index contributed by atoms with van der Waals surface area (Å²) >= 11 is 0. The van der Waals surface area contributed by atoms with E-state index in [1.807, 2.05) is 0 Å². The molecule has 148 valence electrons. The van der Waals surface area contributed by atoms with Crippen molar-refractivity contribution in [2.45, 2.75) is 90.0 Å². The molecule has 0 aromatic carbocycles. The minimum Gasteiger partial charge on any atom is -0.279 e. The molecule has 8 heteroatoms. The van der Waals surface area contributed by atoms with Crippen molar-refractivity contribution in [2.75, 3.05) is 6.16 Å². The van der Waals surface area contributed by atoms with E-state index in [0.717, 1.165) is 5.92 Å². The first kappa shape index (κ1) is 26.4. The van der Waals surface area contributed by atoms with Crippen LogP contribution in [0.3, 0.4) is 0 Å². The highest BCUT2D eigenvalue weighted by Crippen LogP contribution is 2.20. The van der Waals surface area contributed by atoms with Crippen molar-refractivity contribution < 1.29 is 26.1 Å². The van der Waals surface area contributed by atoms with Gasteiger partial charge >= 0.3 is 15.6 Å². The normalized spacial score (nSPS) is 13.3. The summed E-state index contributed by atoms with van der Waals surface area (Å²) < 4.78 is 57.5. The quantitative estimate of drug-likeness (QED) is 0.185. The Hall–Kier alpha value is 0.130. The number of halogens is 3. The summed E-state index contributed by atoms with van der Waals surface area (Å²) in [6.45, 7) is 4.69. The van der Waals surface area contributed by atoms with Crippen LogP contribution in [0.5, 0.6) is 0 Å². The Labute approximate surface area is 148 Å². The molecule has 0 aliphatic heterocycles. The maximum Gasteiger partial charge on any atom is 0.522 e. The average Bonchev–Trinajstić information content (AvgIpc) is 2.44. The van der Waals surface area contributed by atoms with Crippen molar-refractivity contribution in [3.8, 4) is 0 Å². The Morgan fingerprint density at radius 3 is 1.62 bits per heavy atom. The summed E-state index contributed by atoms with van der Waals surface area (Å²) in [6, 6.07) is 0. The van der Waals surface area contributed by atoms with Crippen molar-refractivity contribution >= 4 is 19.4 Å². The maximum atomic E-state index is 10.7. The number of rotatable bonds is 12. The summed E-state index contributed by atoms with van der Waals surface area (Å²) in [6.07, 6.45) is 17.2. The van der Waals surface area contributed by atoms with Crippen LogP contribution in [0.15, 0.2) is 0 Å². The fraction of sp³-hybridized carbons (Fsp3) is 1.00. The summed E-state index contributed by atoms with van der Waals surface area (Å²) in [4.78, 5) is 0. The molecule has 2 unspecified atom stereocenters. The third-order valence-corrected chi connectivity index (χ3v) is 4.67. The molecule has 0 aliphatic carbocycles.